The van der Waals surface area contributed by atoms with Crippen molar-refractivity contribution in [2.75, 3.05) is 45.8 Å². The molecule has 0 aromatic heterocycles. The number of fused-ring (bicyclic) bond motifs is 1. The first-order chi connectivity index (χ1) is 14.4. The lowest BCUT2D eigenvalue weighted by Crippen LogP contribution is -2.39. The highest BCUT2D eigenvalue weighted by molar-refractivity contribution is 5.92. The molecule has 1 heterocycles. The first-order valence-electron chi connectivity index (χ1n) is 9.76. The highest BCUT2D eigenvalue weighted by Crippen LogP contribution is 2.32. The number of nitrogens with one attached hydrogen (secondary N) is 2. The maximum absolute atomic E-state index is 12.4. The quantitative estimate of drug-likeness (QED) is 0.690. The predicted octanol–water partition coefficient (Wildman–Crippen LogP) is 2.21. The van der Waals surface area contributed by atoms with Crippen molar-refractivity contribution < 1.29 is 23.8 Å². The van der Waals surface area contributed by atoms with Gasteiger partial charge in [0.25, 0.3) is 0 Å². The molecule has 1 aliphatic heterocycles. The fourth-order valence-corrected chi connectivity index (χ4v) is 3.15. The van der Waals surface area contributed by atoms with Gasteiger partial charge in [0, 0.05) is 11.8 Å². The number of ether oxygens (including phenoxy) is 3. The number of benzene rings is 2. The maximum atomic E-state index is 12.4. The van der Waals surface area contributed by atoms with Gasteiger partial charge in [0.05, 0.1) is 26.2 Å². The zero-order valence-electron chi connectivity index (χ0n) is 17.4. The number of nitrogens with zero attached hydrogens (tertiary/aromatic N) is 1. The summed E-state index contributed by atoms with van der Waals surface area (Å²) in [6.45, 7) is 3.14. The van der Waals surface area contributed by atoms with E-state index in [-0.39, 0.29) is 30.9 Å². The van der Waals surface area contributed by atoms with Crippen LogP contribution < -0.4 is 24.8 Å². The third-order valence-corrected chi connectivity index (χ3v) is 4.62. The van der Waals surface area contributed by atoms with Crippen LogP contribution in [0.4, 0.5) is 5.69 Å². The standard InChI is InChI=1S/C22H27N3O5/c1-15(16-7-8-19-20(11-16)30-10-9-29-19)23-21(26)13-25(2)14-22(27)24-17-5-4-6-18(12-17)28-3/h4-8,11-12,15H,9-10,13-14H2,1-3H3,(H,23,26)(H,24,27)/t15-/m1/s1. The van der Waals surface area contributed by atoms with E-state index in [4.69, 9.17) is 14.2 Å². The van der Waals surface area contributed by atoms with Crippen molar-refractivity contribution in [3.05, 3.63) is 48.0 Å². The Morgan fingerprint density at radius 2 is 1.80 bits per heavy atom. The summed E-state index contributed by atoms with van der Waals surface area (Å²) in [6, 6.07) is 12.5. The molecule has 0 unspecified atom stereocenters. The number of hydrogen-bond acceptors (Lipinski definition) is 6. The molecule has 0 fully saturated rings. The molecule has 0 saturated heterocycles. The molecule has 2 aromatic carbocycles. The smallest absolute Gasteiger partial charge is 0.238 e. The summed E-state index contributed by atoms with van der Waals surface area (Å²) in [7, 11) is 3.29. The van der Waals surface area contributed by atoms with Gasteiger partial charge in [-0.05, 0) is 43.8 Å². The first kappa shape index (κ1) is 21.4. The number of anilines is 1. The van der Waals surface area contributed by atoms with E-state index in [2.05, 4.69) is 10.6 Å². The summed E-state index contributed by atoms with van der Waals surface area (Å²) in [5, 5.41) is 5.75. The monoisotopic (exact) mass is 413 g/mol. The Hall–Kier alpha value is -3.26. The highest BCUT2D eigenvalue weighted by atomic mass is 16.6. The van der Waals surface area contributed by atoms with Crippen LogP contribution in [0.2, 0.25) is 0 Å². The number of hydrogen-bond donors (Lipinski definition) is 2. The third-order valence-electron chi connectivity index (χ3n) is 4.62. The molecule has 30 heavy (non-hydrogen) atoms. The molecule has 0 aliphatic carbocycles. The second-order valence-electron chi connectivity index (χ2n) is 7.14. The van der Waals surface area contributed by atoms with E-state index in [0.717, 1.165) is 5.56 Å². The van der Waals surface area contributed by atoms with Gasteiger partial charge in [-0.2, -0.15) is 0 Å². The molecule has 2 N–H and O–H groups in total. The van der Waals surface area contributed by atoms with Crippen LogP contribution in [0.1, 0.15) is 18.5 Å². The highest BCUT2D eigenvalue weighted by Gasteiger charge is 2.17. The Kier molecular flexibility index (Phi) is 7.13. The van der Waals surface area contributed by atoms with Crippen LogP contribution in [0, 0.1) is 0 Å². The van der Waals surface area contributed by atoms with Crippen molar-refractivity contribution in [1.29, 1.82) is 0 Å². The van der Waals surface area contributed by atoms with Gasteiger partial charge in [0.2, 0.25) is 11.8 Å². The molecule has 8 heteroatoms. The fraction of sp³-hybridized carbons (Fsp3) is 0.364. The average molecular weight is 413 g/mol. The summed E-state index contributed by atoms with van der Waals surface area (Å²) in [4.78, 5) is 26.3. The van der Waals surface area contributed by atoms with E-state index in [1.54, 1.807) is 43.3 Å². The Morgan fingerprint density at radius 1 is 1.07 bits per heavy atom. The van der Waals surface area contributed by atoms with Gasteiger partial charge >= 0.3 is 0 Å². The normalized spacial score (nSPS) is 13.5. The van der Waals surface area contributed by atoms with Gasteiger partial charge in [0.1, 0.15) is 19.0 Å². The van der Waals surface area contributed by atoms with E-state index in [9.17, 15) is 9.59 Å². The molecule has 1 aliphatic rings. The fourth-order valence-electron chi connectivity index (χ4n) is 3.15. The van der Waals surface area contributed by atoms with E-state index in [1.807, 2.05) is 25.1 Å². The van der Waals surface area contributed by atoms with E-state index in [1.165, 1.54) is 0 Å². The minimum absolute atomic E-state index is 0.0863. The first-order valence-corrected chi connectivity index (χ1v) is 9.76. The Bertz CT molecular complexity index is 902. The molecule has 0 spiro atoms. The van der Waals surface area contributed by atoms with Crippen molar-refractivity contribution in [3.8, 4) is 17.2 Å². The molecular weight excluding hydrogens is 386 g/mol. The number of carbonyl (C=O) groups is 2. The average Bonchev–Trinajstić information content (AvgIpc) is 2.73. The third kappa shape index (κ3) is 5.87. The molecule has 1 atom stereocenters. The Balaban J connectivity index is 1.47. The lowest BCUT2D eigenvalue weighted by Gasteiger charge is -2.22. The van der Waals surface area contributed by atoms with Crippen LogP contribution >= 0.6 is 0 Å². The van der Waals surface area contributed by atoms with Crippen molar-refractivity contribution in [2.24, 2.45) is 0 Å². The summed E-state index contributed by atoms with van der Waals surface area (Å²) in [6.07, 6.45) is 0. The van der Waals surface area contributed by atoms with Crippen LogP contribution in [-0.4, -0.2) is 57.2 Å². The van der Waals surface area contributed by atoms with Gasteiger partial charge in [0.15, 0.2) is 11.5 Å². The second kappa shape index (κ2) is 9.98. The minimum Gasteiger partial charge on any atom is -0.497 e. The number of rotatable bonds is 8. The SMILES string of the molecule is COc1cccc(NC(=O)CN(C)CC(=O)N[C@H](C)c2ccc3c(c2)OCCO3)c1. The van der Waals surface area contributed by atoms with Gasteiger partial charge in [-0.1, -0.05) is 12.1 Å². The Morgan fingerprint density at radius 3 is 2.57 bits per heavy atom. The predicted molar refractivity (Wildman–Crippen MR) is 113 cm³/mol. The molecule has 0 radical (unpaired) electrons. The number of carbonyl (C=O) groups excluding carboxylic acids is 2. The molecule has 0 bridgehead atoms. The van der Waals surface area contributed by atoms with E-state index < -0.39 is 0 Å². The maximum Gasteiger partial charge on any atom is 0.238 e. The van der Waals surface area contributed by atoms with E-state index in [0.29, 0.717) is 36.1 Å². The second-order valence-corrected chi connectivity index (χ2v) is 7.14. The molecule has 2 aromatic rings. The van der Waals surface area contributed by atoms with E-state index >= 15 is 0 Å². The van der Waals surface area contributed by atoms with Crippen molar-refractivity contribution in [3.63, 3.8) is 0 Å². The minimum atomic E-state index is -0.210. The summed E-state index contributed by atoms with van der Waals surface area (Å²) in [5.74, 6) is 1.68. The summed E-state index contributed by atoms with van der Waals surface area (Å²) >= 11 is 0. The number of likely N-dealkylation sites (N-methyl/N-ethyl adjacent to an activating group) is 1. The summed E-state index contributed by atoms with van der Waals surface area (Å²) in [5.41, 5.74) is 1.57. The number of methoxy groups -OCH3 is 1. The zero-order valence-corrected chi connectivity index (χ0v) is 17.4. The van der Waals surface area contributed by atoms with Crippen LogP contribution in [0.15, 0.2) is 42.5 Å². The number of amides is 2. The molecule has 2 amide bonds. The van der Waals surface area contributed by atoms with Gasteiger partial charge < -0.3 is 24.8 Å². The molecule has 3 rings (SSSR count). The lowest BCUT2D eigenvalue weighted by atomic mass is 10.1. The molecule has 8 nitrogen and oxygen atoms in total. The molecular formula is C22H27N3O5. The van der Waals surface area contributed by atoms with Crippen LogP contribution in [0.25, 0.3) is 0 Å². The van der Waals surface area contributed by atoms with Crippen LogP contribution in [-0.2, 0) is 9.59 Å². The molecule has 0 saturated carbocycles. The van der Waals surface area contributed by atoms with Crippen molar-refractivity contribution in [1.82, 2.24) is 10.2 Å². The Labute approximate surface area is 176 Å². The lowest BCUT2D eigenvalue weighted by molar-refractivity contribution is -0.123. The largest absolute Gasteiger partial charge is 0.497 e. The van der Waals surface area contributed by atoms with Gasteiger partial charge in [-0.15, -0.1) is 0 Å². The van der Waals surface area contributed by atoms with Gasteiger partial charge in [-0.3, -0.25) is 14.5 Å². The van der Waals surface area contributed by atoms with Gasteiger partial charge in [-0.25, -0.2) is 0 Å². The van der Waals surface area contributed by atoms with Crippen LogP contribution in [0.5, 0.6) is 17.2 Å². The van der Waals surface area contributed by atoms with Crippen LogP contribution in [0.3, 0.4) is 0 Å². The van der Waals surface area contributed by atoms with Crippen molar-refractivity contribution >= 4 is 17.5 Å². The molecule has 160 valence electrons. The zero-order chi connectivity index (χ0) is 21.5. The topological polar surface area (TPSA) is 89.1 Å². The summed E-state index contributed by atoms with van der Waals surface area (Å²) < 4.78 is 16.3. The van der Waals surface area contributed by atoms with Crippen molar-refractivity contribution in [2.45, 2.75) is 13.0 Å².